The summed E-state index contributed by atoms with van der Waals surface area (Å²) >= 11 is 0. The number of hydroxylamine groups is 1. The van der Waals surface area contributed by atoms with E-state index in [-0.39, 0.29) is 6.79 Å². The molecular weight excluding hydrogens is 112 g/mol. The molecule has 5 heteroatoms. The van der Waals surface area contributed by atoms with Gasteiger partial charge in [-0.15, -0.1) is 0 Å². The number of ether oxygens (including phenoxy) is 1. The van der Waals surface area contributed by atoms with Crippen LogP contribution in [0.4, 0.5) is 4.79 Å². The average Bonchev–Trinajstić information content (AvgIpc) is 1.66. The number of methoxy groups -OCH3 is 1. The van der Waals surface area contributed by atoms with Gasteiger partial charge in [0.05, 0.1) is 0 Å². The van der Waals surface area contributed by atoms with Gasteiger partial charge in [-0.25, -0.2) is 15.1 Å². The number of nitrogens with two attached hydrogens (primary N) is 1. The molecule has 0 aliphatic heterocycles. The highest BCUT2D eigenvalue weighted by Crippen LogP contribution is 1.64. The summed E-state index contributed by atoms with van der Waals surface area (Å²) in [7, 11) is 1.43. The molecule has 0 aromatic heterocycles. The van der Waals surface area contributed by atoms with Crippen molar-refractivity contribution in [2.24, 2.45) is 5.73 Å². The van der Waals surface area contributed by atoms with E-state index in [1.807, 2.05) is 5.48 Å². The first-order valence-electron chi connectivity index (χ1n) is 1.93. The van der Waals surface area contributed by atoms with Crippen molar-refractivity contribution in [3.05, 3.63) is 0 Å². The van der Waals surface area contributed by atoms with E-state index < -0.39 is 6.03 Å². The summed E-state index contributed by atoms with van der Waals surface area (Å²) in [5.74, 6) is 0. The van der Waals surface area contributed by atoms with Gasteiger partial charge in [-0.05, 0) is 0 Å². The summed E-state index contributed by atoms with van der Waals surface area (Å²) in [6.45, 7) is 0.00292. The number of primary amides is 1. The molecule has 0 unspecified atom stereocenters. The molecule has 48 valence electrons. The van der Waals surface area contributed by atoms with Crippen molar-refractivity contribution in [2.75, 3.05) is 13.9 Å². The first-order valence-corrected chi connectivity index (χ1v) is 1.93. The Kier molecular flexibility index (Phi) is 3.91. The molecule has 0 aliphatic rings. The molecule has 0 aromatic rings. The van der Waals surface area contributed by atoms with Crippen molar-refractivity contribution in [3.8, 4) is 0 Å². The highest BCUT2D eigenvalue weighted by molar-refractivity contribution is 5.70. The topological polar surface area (TPSA) is 73.6 Å². The molecule has 8 heavy (non-hydrogen) atoms. The quantitative estimate of drug-likeness (QED) is 0.290. The second kappa shape index (κ2) is 4.35. The second-order valence-electron chi connectivity index (χ2n) is 1.02. The molecule has 0 rings (SSSR count). The van der Waals surface area contributed by atoms with Crippen LogP contribution >= 0.6 is 0 Å². The van der Waals surface area contributed by atoms with Gasteiger partial charge in [-0.1, -0.05) is 0 Å². The molecule has 0 bridgehead atoms. The summed E-state index contributed by atoms with van der Waals surface area (Å²) in [5.41, 5.74) is 6.46. The van der Waals surface area contributed by atoms with E-state index >= 15 is 0 Å². The van der Waals surface area contributed by atoms with Gasteiger partial charge in [0.15, 0.2) is 6.79 Å². The predicted molar refractivity (Wildman–Crippen MR) is 25.7 cm³/mol. The van der Waals surface area contributed by atoms with Crippen molar-refractivity contribution in [1.29, 1.82) is 0 Å². The predicted octanol–water partition coefficient (Wildman–Crippen LogP) is -0.810. The lowest BCUT2D eigenvalue weighted by Crippen LogP contribution is -2.29. The van der Waals surface area contributed by atoms with Crippen LogP contribution in [0.2, 0.25) is 0 Å². The third kappa shape index (κ3) is 5.19. The Hall–Kier alpha value is -0.810. The van der Waals surface area contributed by atoms with E-state index in [1.165, 1.54) is 7.11 Å². The molecule has 0 spiro atoms. The zero-order chi connectivity index (χ0) is 6.41. The van der Waals surface area contributed by atoms with Crippen LogP contribution in [0.25, 0.3) is 0 Å². The highest BCUT2D eigenvalue weighted by Gasteiger charge is 1.86. The zero-order valence-corrected chi connectivity index (χ0v) is 4.51. The average molecular weight is 120 g/mol. The highest BCUT2D eigenvalue weighted by atomic mass is 16.8. The van der Waals surface area contributed by atoms with Gasteiger partial charge in [0.25, 0.3) is 0 Å². The maximum absolute atomic E-state index is 9.80. The van der Waals surface area contributed by atoms with Crippen molar-refractivity contribution in [3.63, 3.8) is 0 Å². The van der Waals surface area contributed by atoms with Crippen LogP contribution in [0.5, 0.6) is 0 Å². The number of carbonyl (C=O) groups excluding carboxylic acids is 1. The Morgan fingerprint density at radius 3 is 2.88 bits per heavy atom. The molecule has 0 fully saturated rings. The second-order valence-corrected chi connectivity index (χ2v) is 1.02. The Morgan fingerprint density at radius 2 is 2.50 bits per heavy atom. The fraction of sp³-hybridized carbons (Fsp3) is 0.667. The maximum Gasteiger partial charge on any atom is 0.336 e. The van der Waals surface area contributed by atoms with Gasteiger partial charge in [-0.3, -0.25) is 0 Å². The van der Waals surface area contributed by atoms with Crippen LogP contribution in [0.15, 0.2) is 0 Å². The summed E-state index contributed by atoms with van der Waals surface area (Å²) in [6, 6.07) is -0.734. The van der Waals surface area contributed by atoms with Crippen molar-refractivity contribution >= 4 is 6.03 Å². The zero-order valence-electron chi connectivity index (χ0n) is 4.51. The minimum Gasteiger partial charge on any atom is -0.356 e. The van der Waals surface area contributed by atoms with Gasteiger partial charge in [0.2, 0.25) is 0 Å². The monoisotopic (exact) mass is 120 g/mol. The first-order chi connectivity index (χ1) is 3.77. The normalized spacial score (nSPS) is 8.62. The number of rotatable bonds is 3. The molecule has 0 saturated carbocycles. The Bertz CT molecular complexity index is 74.9. The molecule has 0 saturated heterocycles. The van der Waals surface area contributed by atoms with E-state index in [2.05, 4.69) is 15.3 Å². The molecule has 5 nitrogen and oxygen atoms in total. The third-order valence-corrected chi connectivity index (χ3v) is 0.350. The van der Waals surface area contributed by atoms with Gasteiger partial charge >= 0.3 is 6.03 Å². The lowest BCUT2D eigenvalue weighted by molar-refractivity contribution is -0.0653. The van der Waals surface area contributed by atoms with Crippen molar-refractivity contribution in [1.82, 2.24) is 5.48 Å². The number of urea groups is 1. The van der Waals surface area contributed by atoms with Crippen LogP contribution in [0.3, 0.4) is 0 Å². The smallest absolute Gasteiger partial charge is 0.336 e. The fourth-order valence-corrected chi connectivity index (χ4v) is 0.160. The largest absolute Gasteiger partial charge is 0.356 e. The number of hydrogen-bond donors (Lipinski definition) is 2. The van der Waals surface area contributed by atoms with E-state index in [0.717, 1.165) is 0 Å². The molecule has 0 aromatic carbocycles. The van der Waals surface area contributed by atoms with E-state index in [4.69, 9.17) is 0 Å². The number of carbonyl (C=O) groups is 1. The lowest BCUT2D eigenvalue weighted by Gasteiger charge is -1.98. The SMILES string of the molecule is COCONC(N)=O. The Morgan fingerprint density at radius 1 is 1.88 bits per heavy atom. The molecule has 0 heterocycles. The van der Waals surface area contributed by atoms with Crippen LogP contribution in [-0.4, -0.2) is 19.9 Å². The first kappa shape index (κ1) is 7.19. The molecule has 2 amide bonds. The molecule has 3 N–H and O–H groups in total. The number of nitrogens with one attached hydrogen (secondary N) is 1. The van der Waals surface area contributed by atoms with Gasteiger partial charge < -0.3 is 10.5 Å². The lowest BCUT2D eigenvalue weighted by atomic mass is 11.2. The van der Waals surface area contributed by atoms with E-state index in [0.29, 0.717) is 0 Å². The van der Waals surface area contributed by atoms with Crippen LogP contribution in [-0.2, 0) is 9.57 Å². The van der Waals surface area contributed by atoms with Crippen LogP contribution in [0, 0.1) is 0 Å². The minimum absolute atomic E-state index is 0.00292. The fourth-order valence-electron chi connectivity index (χ4n) is 0.160. The molecule has 0 radical (unpaired) electrons. The number of amides is 2. The summed E-state index contributed by atoms with van der Waals surface area (Å²) in [6.07, 6.45) is 0. The van der Waals surface area contributed by atoms with Crippen LogP contribution < -0.4 is 11.2 Å². The Labute approximate surface area is 46.7 Å². The Balaban J connectivity index is 2.82. The standard InChI is InChI=1S/C3H8N2O3/c1-7-2-8-5-3(4)6/h2H2,1H3,(H3,4,5,6). The minimum atomic E-state index is -0.734. The summed E-state index contributed by atoms with van der Waals surface area (Å²) < 4.78 is 4.40. The summed E-state index contributed by atoms with van der Waals surface area (Å²) in [5, 5.41) is 0. The van der Waals surface area contributed by atoms with E-state index in [1.54, 1.807) is 0 Å². The molecule has 0 aliphatic carbocycles. The van der Waals surface area contributed by atoms with Gasteiger partial charge in [0.1, 0.15) is 0 Å². The van der Waals surface area contributed by atoms with E-state index in [9.17, 15) is 4.79 Å². The molecular formula is C3H8N2O3. The van der Waals surface area contributed by atoms with Gasteiger partial charge in [0, 0.05) is 7.11 Å². The van der Waals surface area contributed by atoms with Crippen molar-refractivity contribution < 1.29 is 14.4 Å². The van der Waals surface area contributed by atoms with Crippen molar-refractivity contribution in [2.45, 2.75) is 0 Å². The van der Waals surface area contributed by atoms with Crippen LogP contribution in [0.1, 0.15) is 0 Å². The molecule has 0 atom stereocenters. The number of hydrogen-bond acceptors (Lipinski definition) is 3. The third-order valence-electron chi connectivity index (χ3n) is 0.350. The maximum atomic E-state index is 9.80. The van der Waals surface area contributed by atoms with Gasteiger partial charge in [-0.2, -0.15) is 0 Å². The summed E-state index contributed by atoms with van der Waals surface area (Å²) in [4.78, 5) is 14.1.